The predicted octanol–water partition coefficient (Wildman–Crippen LogP) is 1.86. The van der Waals surface area contributed by atoms with Crippen LogP contribution in [0.1, 0.15) is 27.7 Å². The number of alkyl halides is 1. The highest BCUT2D eigenvalue weighted by atomic mass is 79.9. The van der Waals surface area contributed by atoms with Crippen LogP contribution in [0.4, 0.5) is 4.79 Å². The predicted molar refractivity (Wildman–Crippen MR) is 57.6 cm³/mol. The first kappa shape index (κ1) is 13.4. The van der Waals surface area contributed by atoms with Gasteiger partial charge in [-0.15, -0.1) is 0 Å². The van der Waals surface area contributed by atoms with E-state index in [0.29, 0.717) is 0 Å². The minimum absolute atomic E-state index is 0.0872. The normalized spacial score (nSPS) is 13.2. The fourth-order valence-corrected chi connectivity index (χ4v) is 1.17. The largest absolute Gasteiger partial charge is 0.444 e. The summed E-state index contributed by atoms with van der Waals surface area (Å²) in [7, 11) is 0. The maximum absolute atomic E-state index is 11.2. The van der Waals surface area contributed by atoms with E-state index in [4.69, 9.17) is 4.74 Å². The fraction of sp³-hybridized carbons (Fsp3) is 0.778. The molecule has 82 valence electrons. The number of carbonyl (C=O) groups excluding carboxylic acids is 2. The highest BCUT2D eigenvalue weighted by Gasteiger charge is 2.19. The van der Waals surface area contributed by atoms with Crippen molar-refractivity contribution in [2.24, 2.45) is 0 Å². The SMILES string of the molecule is CC(NC(=O)OC(C)(C)C)C(=O)CBr. The number of ether oxygens (including phenoxy) is 1. The summed E-state index contributed by atoms with van der Waals surface area (Å²) in [6, 6.07) is -0.524. The van der Waals surface area contributed by atoms with Crippen molar-refractivity contribution in [1.82, 2.24) is 5.32 Å². The van der Waals surface area contributed by atoms with E-state index >= 15 is 0 Å². The molecule has 5 heteroatoms. The molecule has 0 aromatic carbocycles. The van der Waals surface area contributed by atoms with E-state index in [0.717, 1.165) is 0 Å². The molecule has 0 aromatic rings. The summed E-state index contributed by atoms with van der Waals surface area (Å²) in [5.74, 6) is -0.0872. The summed E-state index contributed by atoms with van der Waals surface area (Å²) in [5.41, 5.74) is -0.540. The third-order valence-electron chi connectivity index (χ3n) is 1.35. The van der Waals surface area contributed by atoms with E-state index in [1.807, 2.05) is 0 Å². The summed E-state index contributed by atoms with van der Waals surface area (Å²) in [5, 5.41) is 2.67. The van der Waals surface area contributed by atoms with Crippen molar-refractivity contribution in [3.05, 3.63) is 0 Å². The van der Waals surface area contributed by atoms with Gasteiger partial charge in [-0.3, -0.25) is 4.79 Å². The number of alkyl carbamates (subject to hydrolysis) is 1. The Bertz CT molecular complexity index is 223. The number of halogens is 1. The van der Waals surface area contributed by atoms with Crippen molar-refractivity contribution >= 4 is 27.8 Å². The van der Waals surface area contributed by atoms with Gasteiger partial charge in [-0.05, 0) is 27.7 Å². The standard InChI is InChI=1S/C9H16BrNO3/c1-6(7(12)5-10)11-8(13)14-9(2,3)4/h6H,5H2,1-4H3,(H,11,13). The Kier molecular flexibility index (Phi) is 5.12. The van der Waals surface area contributed by atoms with Crippen LogP contribution in [0.2, 0.25) is 0 Å². The number of amides is 1. The monoisotopic (exact) mass is 265 g/mol. The second kappa shape index (κ2) is 5.34. The number of hydrogen-bond acceptors (Lipinski definition) is 3. The van der Waals surface area contributed by atoms with Crippen molar-refractivity contribution in [1.29, 1.82) is 0 Å². The minimum Gasteiger partial charge on any atom is -0.444 e. The van der Waals surface area contributed by atoms with Crippen LogP contribution in [0.3, 0.4) is 0 Å². The van der Waals surface area contributed by atoms with E-state index in [9.17, 15) is 9.59 Å². The average molecular weight is 266 g/mol. The van der Waals surface area contributed by atoms with Crippen molar-refractivity contribution in [2.75, 3.05) is 5.33 Å². The van der Waals surface area contributed by atoms with E-state index in [2.05, 4.69) is 21.2 Å². The van der Waals surface area contributed by atoms with Crippen LogP contribution in [-0.4, -0.2) is 28.8 Å². The third-order valence-corrected chi connectivity index (χ3v) is 1.90. The number of nitrogens with one attached hydrogen (secondary N) is 1. The molecule has 0 aromatic heterocycles. The molecule has 0 aliphatic rings. The number of carbonyl (C=O) groups is 2. The number of ketones is 1. The van der Waals surface area contributed by atoms with Gasteiger partial charge < -0.3 is 10.1 Å². The summed E-state index contributed by atoms with van der Waals surface area (Å²) in [4.78, 5) is 22.3. The van der Waals surface area contributed by atoms with Gasteiger partial charge in [-0.25, -0.2) is 4.79 Å². The lowest BCUT2D eigenvalue weighted by atomic mass is 10.2. The molecule has 0 aliphatic carbocycles. The summed E-state index contributed by atoms with van der Waals surface area (Å²) in [6.45, 7) is 6.92. The van der Waals surface area contributed by atoms with Gasteiger partial charge in [-0.1, -0.05) is 15.9 Å². The summed E-state index contributed by atoms with van der Waals surface area (Å²) >= 11 is 3.03. The first-order valence-electron chi connectivity index (χ1n) is 4.34. The zero-order valence-corrected chi connectivity index (χ0v) is 10.5. The molecule has 0 aliphatic heterocycles. The van der Waals surface area contributed by atoms with Crippen molar-refractivity contribution in [3.63, 3.8) is 0 Å². The van der Waals surface area contributed by atoms with Crippen molar-refractivity contribution < 1.29 is 14.3 Å². The van der Waals surface area contributed by atoms with Crippen LogP contribution < -0.4 is 5.32 Å². The van der Waals surface area contributed by atoms with Gasteiger partial charge in [0.05, 0.1) is 11.4 Å². The molecule has 0 bridgehead atoms. The molecule has 1 N–H and O–H groups in total. The first-order valence-corrected chi connectivity index (χ1v) is 5.46. The molecule has 0 rings (SSSR count). The Morgan fingerprint density at radius 3 is 2.29 bits per heavy atom. The Balaban J connectivity index is 4.01. The molecule has 4 nitrogen and oxygen atoms in total. The fourth-order valence-electron chi connectivity index (χ4n) is 0.681. The van der Waals surface area contributed by atoms with Gasteiger partial charge >= 0.3 is 6.09 Å². The molecule has 0 fully saturated rings. The Labute approximate surface area is 92.5 Å². The molecule has 0 spiro atoms. The number of rotatable bonds is 3. The molecular formula is C9H16BrNO3. The Morgan fingerprint density at radius 2 is 1.93 bits per heavy atom. The van der Waals surface area contributed by atoms with Gasteiger partial charge in [0.1, 0.15) is 5.60 Å². The molecule has 0 radical (unpaired) electrons. The molecule has 0 heterocycles. The maximum Gasteiger partial charge on any atom is 0.408 e. The van der Waals surface area contributed by atoms with E-state index in [-0.39, 0.29) is 11.1 Å². The second-order valence-electron chi connectivity index (χ2n) is 3.97. The van der Waals surface area contributed by atoms with E-state index in [1.54, 1.807) is 27.7 Å². The van der Waals surface area contributed by atoms with Crippen molar-refractivity contribution in [2.45, 2.75) is 39.3 Å². The zero-order valence-electron chi connectivity index (χ0n) is 8.89. The molecule has 0 saturated heterocycles. The summed E-state index contributed by atoms with van der Waals surface area (Å²) < 4.78 is 4.99. The van der Waals surface area contributed by atoms with Crippen LogP contribution in [0, 0.1) is 0 Å². The molecule has 1 amide bonds. The van der Waals surface area contributed by atoms with Crippen LogP contribution in [0.5, 0.6) is 0 Å². The van der Waals surface area contributed by atoms with E-state index in [1.165, 1.54) is 0 Å². The lowest BCUT2D eigenvalue weighted by Crippen LogP contribution is -2.42. The van der Waals surface area contributed by atoms with E-state index < -0.39 is 17.7 Å². The van der Waals surface area contributed by atoms with Gasteiger partial charge in [0.25, 0.3) is 0 Å². The maximum atomic E-state index is 11.2. The van der Waals surface area contributed by atoms with Crippen molar-refractivity contribution in [3.8, 4) is 0 Å². The molecule has 14 heavy (non-hydrogen) atoms. The number of hydrogen-bond donors (Lipinski definition) is 1. The van der Waals surface area contributed by atoms with Crippen LogP contribution in [0.25, 0.3) is 0 Å². The second-order valence-corrected chi connectivity index (χ2v) is 4.53. The lowest BCUT2D eigenvalue weighted by Gasteiger charge is -2.21. The molecule has 0 saturated carbocycles. The van der Waals surface area contributed by atoms with Gasteiger partial charge in [0, 0.05) is 0 Å². The Morgan fingerprint density at radius 1 is 1.43 bits per heavy atom. The quantitative estimate of drug-likeness (QED) is 0.793. The topological polar surface area (TPSA) is 55.4 Å². The van der Waals surface area contributed by atoms with Crippen LogP contribution in [-0.2, 0) is 9.53 Å². The Hall–Kier alpha value is -0.580. The van der Waals surface area contributed by atoms with Gasteiger partial charge in [-0.2, -0.15) is 0 Å². The first-order chi connectivity index (χ1) is 6.26. The minimum atomic E-state index is -0.570. The lowest BCUT2D eigenvalue weighted by molar-refractivity contribution is -0.118. The smallest absolute Gasteiger partial charge is 0.408 e. The summed E-state index contributed by atoms with van der Waals surface area (Å²) in [6.07, 6.45) is -0.570. The van der Waals surface area contributed by atoms with Crippen LogP contribution in [0.15, 0.2) is 0 Å². The highest BCUT2D eigenvalue weighted by molar-refractivity contribution is 9.09. The molecule has 1 unspecified atom stereocenters. The zero-order chi connectivity index (χ0) is 11.4. The molecule has 1 atom stereocenters. The van der Waals surface area contributed by atoms with Gasteiger partial charge in [0.15, 0.2) is 5.78 Å². The highest BCUT2D eigenvalue weighted by Crippen LogP contribution is 2.06. The van der Waals surface area contributed by atoms with Gasteiger partial charge in [0.2, 0.25) is 0 Å². The molecular weight excluding hydrogens is 250 g/mol. The number of Topliss-reactive ketones (excluding diaryl/α,β-unsaturated/α-hetero) is 1. The average Bonchev–Trinajstić information content (AvgIpc) is 1.99. The third kappa shape index (κ3) is 5.96. The van der Waals surface area contributed by atoms with Crippen LogP contribution >= 0.6 is 15.9 Å².